The summed E-state index contributed by atoms with van der Waals surface area (Å²) in [5.41, 5.74) is 8.78. The van der Waals surface area contributed by atoms with E-state index >= 15 is 0 Å². The van der Waals surface area contributed by atoms with Gasteiger partial charge in [-0.3, -0.25) is 0 Å². The Morgan fingerprint density at radius 3 is 2.74 bits per heavy atom. The van der Waals surface area contributed by atoms with Crippen molar-refractivity contribution < 1.29 is 4.74 Å². The molecule has 2 heterocycles. The van der Waals surface area contributed by atoms with E-state index in [0.717, 1.165) is 35.8 Å². The fourth-order valence-corrected chi connectivity index (χ4v) is 2.05. The van der Waals surface area contributed by atoms with Crippen molar-refractivity contribution in [3.05, 3.63) is 35.5 Å². The van der Waals surface area contributed by atoms with E-state index in [2.05, 4.69) is 20.6 Å². The zero-order valence-corrected chi connectivity index (χ0v) is 10.6. The van der Waals surface area contributed by atoms with Crippen molar-refractivity contribution in [3.8, 4) is 5.75 Å². The van der Waals surface area contributed by atoms with E-state index < -0.39 is 0 Å². The number of nitrogen functional groups attached to an aromatic ring is 1. The first-order chi connectivity index (χ1) is 9.26. The van der Waals surface area contributed by atoms with Crippen LogP contribution in [0.15, 0.2) is 24.3 Å². The van der Waals surface area contributed by atoms with Crippen LogP contribution < -0.4 is 21.1 Å². The maximum absolute atomic E-state index is 5.92. The third-order valence-corrected chi connectivity index (χ3v) is 3.07. The predicted octanol–water partition coefficient (Wildman–Crippen LogP) is 1.41. The zero-order chi connectivity index (χ0) is 13.2. The Balaban J connectivity index is 1.84. The number of nitrogens with two attached hydrogens (primary N) is 1. The van der Waals surface area contributed by atoms with Gasteiger partial charge in [0.25, 0.3) is 0 Å². The van der Waals surface area contributed by atoms with Crippen molar-refractivity contribution in [2.24, 2.45) is 0 Å². The van der Waals surface area contributed by atoms with E-state index in [-0.39, 0.29) is 0 Å². The minimum Gasteiger partial charge on any atom is -0.497 e. The molecule has 0 amide bonds. The SMILES string of the molecule is COc1ccc(Nc2nc(N)c3c(n2)CNC3)cc1. The van der Waals surface area contributed by atoms with Crippen molar-refractivity contribution in [3.63, 3.8) is 0 Å². The molecular weight excluding hydrogens is 242 g/mol. The van der Waals surface area contributed by atoms with Crippen molar-refractivity contribution in [1.82, 2.24) is 15.3 Å². The molecule has 0 radical (unpaired) electrons. The highest BCUT2D eigenvalue weighted by atomic mass is 16.5. The topological polar surface area (TPSA) is 85.1 Å². The molecule has 1 aromatic carbocycles. The third kappa shape index (κ3) is 2.30. The minimum absolute atomic E-state index is 0.519. The Bertz CT molecular complexity index is 597. The summed E-state index contributed by atoms with van der Waals surface area (Å²) < 4.78 is 5.11. The van der Waals surface area contributed by atoms with Crippen LogP contribution >= 0.6 is 0 Å². The second-order valence-electron chi connectivity index (χ2n) is 4.31. The fraction of sp³-hybridized carbons (Fsp3) is 0.231. The van der Waals surface area contributed by atoms with E-state index in [9.17, 15) is 0 Å². The van der Waals surface area contributed by atoms with E-state index in [1.54, 1.807) is 7.11 Å². The van der Waals surface area contributed by atoms with Crippen LogP contribution in [0.5, 0.6) is 5.75 Å². The average molecular weight is 257 g/mol. The number of fused-ring (bicyclic) bond motifs is 1. The van der Waals surface area contributed by atoms with Crippen LogP contribution in [0, 0.1) is 0 Å². The van der Waals surface area contributed by atoms with Gasteiger partial charge in [0.1, 0.15) is 11.6 Å². The van der Waals surface area contributed by atoms with E-state index in [1.807, 2.05) is 24.3 Å². The van der Waals surface area contributed by atoms with E-state index in [1.165, 1.54) is 0 Å². The number of anilines is 3. The highest BCUT2D eigenvalue weighted by Gasteiger charge is 2.17. The highest BCUT2D eigenvalue weighted by Crippen LogP contribution is 2.23. The standard InChI is InChI=1S/C13H15N5O/c1-19-9-4-2-8(3-5-9)16-13-17-11-7-15-6-10(11)12(14)18-13/h2-5,15H,6-7H2,1H3,(H3,14,16,17,18). The highest BCUT2D eigenvalue weighted by molar-refractivity contribution is 5.57. The van der Waals surface area contributed by atoms with Gasteiger partial charge in [0.2, 0.25) is 5.95 Å². The molecule has 0 aliphatic carbocycles. The molecule has 6 nitrogen and oxygen atoms in total. The molecular formula is C13H15N5O. The van der Waals surface area contributed by atoms with Gasteiger partial charge in [-0.05, 0) is 24.3 Å². The second-order valence-corrected chi connectivity index (χ2v) is 4.31. The summed E-state index contributed by atoms with van der Waals surface area (Å²) in [6.45, 7) is 1.48. The monoisotopic (exact) mass is 257 g/mol. The maximum atomic E-state index is 5.92. The second kappa shape index (κ2) is 4.74. The lowest BCUT2D eigenvalue weighted by atomic mass is 10.2. The van der Waals surface area contributed by atoms with Gasteiger partial charge in [-0.2, -0.15) is 4.98 Å². The van der Waals surface area contributed by atoms with Crippen LogP contribution in [0.3, 0.4) is 0 Å². The van der Waals surface area contributed by atoms with Crippen LogP contribution in [-0.2, 0) is 13.1 Å². The molecule has 0 fully saturated rings. The Hall–Kier alpha value is -2.34. The Kier molecular flexibility index (Phi) is 2.92. The first kappa shape index (κ1) is 11.7. The first-order valence-corrected chi connectivity index (χ1v) is 6.03. The predicted molar refractivity (Wildman–Crippen MR) is 73.3 cm³/mol. The molecule has 19 heavy (non-hydrogen) atoms. The van der Waals surface area contributed by atoms with Gasteiger partial charge in [-0.25, -0.2) is 4.98 Å². The normalized spacial score (nSPS) is 13.1. The van der Waals surface area contributed by atoms with Gasteiger partial charge in [0, 0.05) is 24.3 Å². The fourth-order valence-electron chi connectivity index (χ4n) is 2.05. The molecule has 0 atom stereocenters. The molecule has 3 rings (SSSR count). The molecule has 2 aromatic rings. The molecule has 1 aliphatic heterocycles. The summed E-state index contributed by atoms with van der Waals surface area (Å²) in [7, 11) is 1.64. The number of nitrogens with zero attached hydrogens (tertiary/aromatic N) is 2. The van der Waals surface area contributed by atoms with Crippen molar-refractivity contribution in [1.29, 1.82) is 0 Å². The first-order valence-electron chi connectivity index (χ1n) is 6.03. The molecule has 4 N–H and O–H groups in total. The molecule has 0 bridgehead atoms. The van der Waals surface area contributed by atoms with Crippen molar-refractivity contribution in [2.75, 3.05) is 18.2 Å². The lowest BCUT2D eigenvalue weighted by Gasteiger charge is -2.08. The van der Waals surface area contributed by atoms with Crippen LogP contribution in [0.1, 0.15) is 11.3 Å². The van der Waals surface area contributed by atoms with Crippen LogP contribution in [0.25, 0.3) is 0 Å². The van der Waals surface area contributed by atoms with Gasteiger partial charge in [0.15, 0.2) is 0 Å². The van der Waals surface area contributed by atoms with Gasteiger partial charge in [-0.1, -0.05) is 0 Å². The summed E-state index contributed by atoms with van der Waals surface area (Å²) >= 11 is 0. The molecule has 1 aliphatic rings. The Labute approximate surface area is 111 Å². The minimum atomic E-state index is 0.519. The van der Waals surface area contributed by atoms with E-state index in [4.69, 9.17) is 10.5 Å². The largest absolute Gasteiger partial charge is 0.497 e. The van der Waals surface area contributed by atoms with Gasteiger partial charge in [-0.15, -0.1) is 0 Å². The van der Waals surface area contributed by atoms with Crippen LogP contribution in [-0.4, -0.2) is 17.1 Å². The molecule has 98 valence electrons. The molecule has 0 saturated carbocycles. The summed E-state index contributed by atoms with van der Waals surface area (Å²) in [4.78, 5) is 8.72. The smallest absolute Gasteiger partial charge is 0.229 e. The molecule has 0 unspecified atom stereocenters. The lowest BCUT2D eigenvalue weighted by molar-refractivity contribution is 0.415. The Morgan fingerprint density at radius 2 is 2.00 bits per heavy atom. The molecule has 1 aromatic heterocycles. The number of nitrogens with one attached hydrogen (secondary N) is 2. The summed E-state index contributed by atoms with van der Waals surface area (Å²) in [5, 5.41) is 6.35. The molecule has 0 saturated heterocycles. The zero-order valence-electron chi connectivity index (χ0n) is 10.6. The maximum Gasteiger partial charge on any atom is 0.229 e. The summed E-state index contributed by atoms with van der Waals surface area (Å²) in [5.74, 6) is 1.86. The number of benzene rings is 1. The van der Waals surface area contributed by atoms with E-state index in [0.29, 0.717) is 11.8 Å². The van der Waals surface area contributed by atoms with Crippen LogP contribution in [0.4, 0.5) is 17.5 Å². The number of aromatic nitrogens is 2. The number of hydrogen-bond donors (Lipinski definition) is 3. The molecule has 6 heteroatoms. The quantitative estimate of drug-likeness (QED) is 0.771. The van der Waals surface area contributed by atoms with Gasteiger partial charge < -0.3 is 21.1 Å². The van der Waals surface area contributed by atoms with Crippen molar-refractivity contribution >= 4 is 17.5 Å². The number of hydrogen-bond acceptors (Lipinski definition) is 6. The lowest BCUT2D eigenvalue weighted by Crippen LogP contribution is -2.05. The Morgan fingerprint density at radius 1 is 1.21 bits per heavy atom. The number of methoxy groups -OCH3 is 1. The summed E-state index contributed by atoms with van der Waals surface area (Å²) in [6, 6.07) is 7.56. The van der Waals surface area contributed by atoms with Crippen LogP contribution in [0.2, 0.25) is 0 Å². The average Bonchev–Trinajstić information content (AvgIpc) is 2.88. The van der Waals surface area contributed by atoms with Crippen molar-refractivity contribution in [2.45, 2.75) is 13.1 Å². The number of rotatable bonds is 3. The number of ether oxygens (including phenoxy) is 1. The summed E-state index contributed by atoms with van der Waals surface area (Å²) in [6.07, 6.45) is 0. The third-order valence-electron chi connectivity index (χ3n) is 3.07. The molecule has 0 spiro atoms. The van der Waals surface area contributed by atoms with Gasteiger partial charge in [0.05, 0.1) is 12.8 Å². The van der Waals surface area contributed by atoms with Gasteiger partial charge >= 0.3 is 0 Å².